The van der Waals surface area contributed by atoms with Crippen molar-refractivity contribution in [1.82, 2.24) is 4.57 Å². The molecule has 8 rings (SSSR count). The molecule has 0 fully saturated rings. The summed E-state index contributed by atoms with van der Waals surface area (Å²) in [5, 5.41) is 4.85. The van der Waals surface area contributed by atoms with Crippen LogP contribution in [0.25, 0.3) is 49.4 Å². The largest absolute Gasteiger partial charge is 0.399 e. The van der Waals surface area contributed by atoms with Crippen molar-refractivity contribution in [2.75, 3.05) is 10.6 Å². The van der Waals surface area contributed by atoms with Crippen molar-refractivity contribution < 1.29 is 0 Å². The maximum atomic E-state index is 6.01. The number of fused-ring (bicyclic) bond motifs is 4. The molecule has 0 unspecified atom stereocenters. The number of benzene rings is 7. The fourth-order valence-corrected chi connectivity index (χ4v) is 6.35. The molecule has 0 saturated heterocycles. The number of hydrogen-bond acceptors (Lipinski definition) is 2. The Bertz CT molecular complexity index is 2230. The number of anilines is 4. The molecular formula is C40H29N3. The number of aromatic nitrogens is 1. The molecule has 3 heteroatoms. The standard InChI is InChI=1S/C40H29N3/c41-29-21-19-28(20-22-29)33-24-26-39(35-16-8-7-15-34(33)35)42(30-11-3-1-4-12-30)32-23-25-40-37(27-32)36-17-9-10-18-38(36)43(40)31-13-5-2-6-14-31/h1-27H,41H2. The highest BCUT2D eigenvalue weighted by molar-refractivity contribution is 6.12. The Hall–Kier alpha value is -5.80. The molecule has 0 saturated carbocycles. The summed E-state index contributed by atoms with van der Waals surface area (Å²) in [7, 11) is 0. The summed E-state index contributed by atoms with van der Waals surface area (Å²) < 4.78 is 2.36. The fourth-order valence-electron chi connectivity index (χ4n) is 6.35. The van der Waals surface area contributed by atoms with Gasteiger partial charge in [0.2, 0.25) is 0 Å². The summed E-state index contributed by atoms with van der Waals surface area (Å²) in [5.74, 6) is 0. The second-order valence-corrected chi connectivity index (χ2v) is 10.9. The van der Waals surface area contributed by atoms with E-state index in [0.29, 0.717) is 0 Å². The molecule has 0 aliphatic carbocycles. The molecule has 8 aromatic rings. The highest BCUT2D eigenvalue weighted by Gasteiger charge is 2.19. The van der Waals surface area contributed by atoms with E-state index in [1.165, 1.54) is 38.1 Å². The average Bonchev–Trinajstić information content (AvgIpc) is 3.40. The lowest BCUT2D eigenvalue weighted by Gasteiger charge is -2.27. The highest BCUT2D eigenvalue weighted by Crippen LogP contribution is 2.43. The van der Waals surface area contributed by atoms with Crippen LogP contribution in [0.4, 0.5) is 22.7 Å². The fraction of sp³-hybridized carbons (Fsp3) is 0. The van der Waals surface area contributed by atoms with Gasteiger partial charge in [0, 0.05) is 38.9 Å². The van der Waals surface area contributed by atoms with Gasteiger partial charge in [-0.05, 0) is 83.2 Å². The lowest BCUT2D eigenvalue weighted by molar-refractivity contribution is 1.18. The van der Waals surface area contributed by atoms with Gasteiger partial charge in [-0.2, -0.15) is 0 Å². The molecule has 0 aliphatic rings. The monoisotopic (exact) mass is 551 g/mol. The first-order valence-corrected chi connectivity index (χ1v) is 14.6. The Morgan fingerprint density at radius 2 is 1.07 bits per heavy atom. The smallest absolute Gasteiger partial charge is 0.0542 e. The van der Waals surface area contributed by atoms with Gasteiger partial charge < -0.3 is 15.2 Å². The number of nitrogens with two attached hydrogens (primary N) is 1. The van der Waals surface area contributed by atoms with Crippen molar-refractivity contribution >= 4 is 55.3 Å². The third kappa shape index (κ3) is 4.22. The first kappa shape index (κ1) is 25.0. The second kappa shape index (κ2) is 10.2. The molecule has 0 spiro atoms. The molecule has 1 heterocycles. The van der Waals surface area contributed by atoms with E-state index in [1.54, 1.807) is 0 Å². The highest BCUT2D eigenvalue weighted by atomic mass is 15.1. The Kier molecular flexibility index (Phi) is 5.94. The van der Waals surface area contributed by atoms with Crippen LogP contribution >= 0.6 is 0 Å². The maximum Gasteiger partial charge on any atom is 0.0542 e. The van der Waals surface area contributed by atoms with Gasteiger partial charge in [0.15, 0.2) is 0 Å². The van der Waals surface area contributed by atoms with Gasteiger partial charge in [0.05, 0.1) is 16.7 Å². The van der Waals surface area contributed by atoms with Gasteiger partial charge in [-0.1, -0.05) is 97.1 Å². The summed E-state index contributed by atoms with van der Waals surface area (Å²) >= 11 is 0. The van der Waals surface area contributed by atoms with E-state index in [9.17, 15) is 0 Å². The van der Waals surface area contributed by atoms with Gasteiger partial charge in [0.25, 0.3) is 0 Å². The van der Waals surface area contributed by atoms with Crippen LogP contribution in [-0.4, -0.2) is 4.57 Å². The van der Waals surface area contributed by atoms with Crippen LogP contribution in [0.1, 0.15) is 0 Å². The number of hydrogen-bond donors (Lipinski definition) is 1. The van der Waals surface area contributed by atoms with Crippen molar-refractivity contribution in [3.63, 3.8) is 0 Å². The second-order valence-electron chi connectivity index (χ2n) is 10.9. The molecule has 0 atom stereocenters. The summed E-state index contributed by atoms with van der Waals surface area (Å²) in [6, 6.07) is 58.1. The van der Waals surface area contributed by atoms with E-state index < -0.39 is 0 Å². The maximum absolute atomic E-state index is 6.01. The van der Waals surface area contributed by atoms with Crippen LogP contribution in [0.5, 0.6) is 0 Å². The SMILES string of the molecule is Nc1ccc(-c2ccc(N(c3ccccc3)c3ccc4c(c3)c3ccccc3n4-c3ccccc3)c3ccccc23)cc1. The molecule has 0 amide bonds. The van der Waals surface area contributed by atoms with Crippen molar-refractivity contribution in [3.8, 4) is 16.8 Å². The first-order chi connectivity index (χ1) is 21.3. The van der Waals surface area contributed by atoms with Gasteiger partial charge in [0.1, 0.15) is 0 Å². The van der Waals surface area contributed by atoms with E-state index in [0.717, 1.165) is 34.0 Å². The van der Waals surface area contributed by atoms with E-state index >= 15 is 0 Å². The molecule has 2 N–H and O–H groups in total. The molecule has 43 heavy (non-hydrogen) atoms. The molecule has 0 aliphatic heterocycles. The number of nitrogen functional groups attached to an aromatic ring is 1. The molecule has 1 aromatic heterocycles. The Labute approximate surface area is 250 Å². The first-order valence-electron chi connectivity index (χ1n) is 14.6. The van der Waals surface area contributed by atoms with Crippen molar-refractivity contribution in [2.45, 2.75) is 0 Å². The molecule has 7 aromatic carbocycles. The van der Waals surface area contributed by atoms with Crippen molar-refractivity contribution in [2.24, 2.45) is 0 Å². The predicted molar refractivity (Wildman–Crippen MR) is 183 cm³/mol. The quantitative estimate of drug-likeness (QED) is 0.216. The Morgan fingerprint density at radius 3 is 1.84 bits per heavy atom. The third-order valence-electron chi connectivity index (χ3n) is 8.31. The van der Waals surface area contributed by atoms with Crippen LogP contribution < -0.4 is 10.6 Å². The van der Waals surface area contributed by atoms with Crippen LogP contribution in [0.2, 0.25) is 0 Å². The van der Waals surface area contributed by atoms with Crippen LogP contribution in [-0.2, 0) is 0 Å². The lowest BCUT2D eigenvalue weighted by Crippen LogP contribution is -2.10. The normalized spacial score (nSPS) is 11.3. The van der Waals surface area contributed by atoms with E-state index in [1.807, 2.05) is 12.1 Å². The third-order valence-corrected chi connectivity index (χ3v) is 8.31. The van der Waals surface area contributed by atoms with E-state index in [2.05, 4.69) is 161 Å². The minimum Gasteiger partial charge on any atom is -0.399 e. The van der Waals surface area contributed by atoms with Gasteiger partial charge >= 0.3 is 0 Å². The average molecular weight is 552 g/mol. The number of nitrogens with zero attached hydrogens (tertiary/aromatic N) is 2. The summed E-state index contributed by atoms with van der Waals surface area (Å²) in [6.45, 7) is 0. The molecule has 3 nitrogen and oxygen atoms in total. The Morgan fingerprint density at radius 1 is 0.442 bits per heavy atom. The zero-order valence-corrected chi connectivity index (χ0v) is 23.6. The van der Waals surface area contributed by atoms with E-state index in [-0.39, 0.29) is 0 Å². The summed E-state index contributed by atoms with van der Waals surface area (Å²) in [5.41, 5.74) is 16.0. The van der Waals surface area contributed by atoms with Crippen molar-refractivity contribution in [3.05, 3.63) is 164 Å². The molecule has 0 radical (unpaired) electrons. The molecule has 204 valence electrons. The van der Waals surface area contributed by atoms with E-state index in [4.69, 9.17) is 5.73 Å². The summed E-state index contributed by atoms with van der Waals surface area (Å²) in [6.07, 6.45) is 0. The van der Waals surface area contributed by atoms with Gasteiger partial charge in [-0.3, -0.25) is 0 Å². The van der Waals surface area contributed by atoms with Crippen LogP contribution in [0.15, 0.2) is 164 Å². The minimum absolute atomic E-state index is 0.768. The number of rotatable bonds is 5. The van der Waals surface area contributed by atoms with Crippen LogP contribution in [0, 0.1) is 0 Å². The van der Waals surface area contributed by atoms with Gasteiger partial charge in [-0.15, -0.1) is 0 Å². The van der Waals surface area contributed by atoms with Gasteiger partial charge in [-0.25, -0.2) is 0 Å². The molecular weight excluding hydrogens is 522 g/mol. The minimum atomic E-state index is 0.768. The predicted octanol–water partition coefficient (Wildman–Crippen LogP) is 10.7. The zero-order valence-electron chi connectivity index (χ0n) is 23.6. The summed E-state index contributed by atoms with van der Waals surface area (Å²) in [4.78, 5) is 2.38. The topological polar surface area (TPSA) is 34.2 Å². The van der Waals surface area contributed by atoms with Crippen molar-refractivity contribution in [1.29, 1.82) is 0 Å². The molecule has 0 bridgehead atoms. The Balaban J connectivity index is 1.38. The zero-order chi connectivity index (χ0) is 28.8. The number of para-hydroxylation sites is 3. The van der Waals surface area contributed by atoms with Crippen LogP contribution in [0.3, 0.4) is 0 Å². The lowest BCUT2D eigenvalue weighted by atomic mass is 9.96.